The second-order valence-electron chi connectivity index (χ2n) is 4.42. The summed E-state index contributed by atoms with van der Waals surface area (Å²) in [6.45, 7) is 2.47. The van der Waals surface area contributed by atoms with Crippen LogP contribution in [-0.4, -0.2) is 13.1 Å². The second kappa shape index (κ2) is 5.30. The Balaban J connectivity index is 2.20. The summed E-state index contributed by atoms with van der Waals surface area (Å²) in [5.41, 5.74) is 7.43. The van der Waals surface area contributed by atoms with Crippen molar-refractivity contribution < 1.29 is 4.39 Å². The van der Waals surface area contributed by atoms with E-state index in [2.05, 4.69) is 4.90 Å². The lowest BCUT2D eigenvalue weighted by Gasteiger charge is -2.23. The van der Waals surface area contributed by atoms with Gasteiger partial charge in [-0.25, -0.2) is 4.39 Å². The molecular formula is C13H19FN2. The summed E-state index contributed by atoms with van der Waals surface area (Å²) in [4.78, 5) is 2.27. The quantitative estimate of drug-likeness (QED) is 0.833. The molecule has 1 aliphatic heterocycles. The van der Waals surface area contributed by atoms with Crippen molar-refractivity contribution in [3.63, 3.8) is 0 Å². The minimum absolute atomic E-state index is 0.179. The van der Waals surface area contributed by atoms with Gasteiger partial charge in [0.15, 0.2) is 0 Å². The van der Waals surface area contributed by atoms with Gasteiger partial charge in [0.2, 0.25) is 0 Å². The average molecular weight is 222 g/mol. The summed E-state index contributed by atoms with van der Waals surface area (Å²) in [6, 6.07) is 5.14. The molecule has 1 heterocycles. The minimum Gasteiger partial charge on any atom is -0.371 e. The van der Waals surface area contributed by atoms with E-state index >= 15 is 0 Å². The van der Waals surface area contributed by atoms with Crippen molar-refractivity contribution >= 4 is 5.69 Å². The zero-order chi connectivity index (χ0) is 11.4. The Kier molecular flexibility index (Phi) is 3.78. The van der Waals surface area contributed by atoms with Crippen LogP contribution >= 0.6 is 0 Å². The first-order chi connectivity index (χ1) is 7.79. The number of nitrogens with two attached hydrogens (primary N) is 1. The molecule has 0 aliphatic carbocycles. The highest BCUT2D eigenvalue weighted by atomic mass is 19.1. The summed E-state index contributed by atoms with van der Waals surface area (Å²) in [7, 11) is 0. The number of hydrogen-bond donors (Lipinski definition) is 1. The normalized spacial score (nSPS) is 17.2. The molecule has 1 fully saturated rings. The summed E-state index contributed by atoms with van der Waals surface area (Å²) in [5, 5.41) is 0. The fourth-order valence-corrected chi connectivity index (χ4v) is 2.26. The monoisotopic (exact) mass is 222 g/mol. The molecule has 88 valence electrons. The Hall–Kier alpha value is -1.09. The Morgan fingerprint density at radius 3 is 2.38 bits per heavy atom. The van der Waals surface area contributed by atoms with E-state index in [4.69, 9.17) is 5.73 Å². The Bertz CT molecular complexity index is 344. The molecule has 1 saturated heterocycles. The van der Waals surface area contributed by atoms with Crippen LogP contribution in [0.25, 0.3) is 0 Å². The van der Waals surface area contributed by atoms with Crippen molar-refractivity contribution in [3.05, 3.63) is 29.6 Å². The Labute approximate surface area is 96.2 Å². The van der Waals surface area contributed by atoms with Gasteiger partial charge in [0.1, 0.15) is 5.82 Å². The van der Waals surface area contributed by atoms with Crippen molar-refractivity contribution in [3.8, 4) is 0 Å². The van der Waals surface area contributed by atoms with Crippen LogP contribution in [0.4, 0.5) is 10.1 Å². The van der Waals surface area contributed by atoms with Crippen LogP contribution < -0.4 is 10.6 Å². The topological polar surface area (TPSA) is 29.3 Å². The maximum Gasteiger partial charge on any atom is 0.125 e. The number of anilines is 1. The van der Waals surface area contributed by atoms with Gasteiger partial charge in [-0.05, 0) is 36.6 Å². The van der Waals surface area contributed by atoms with E-state index < -0.39 is 0 Å². The molecule has 1 aliphatic rings. The van der Waals surface area contributed by atoms with Crippen molar-refractivity contribution in [1.29, 1.82) is 0 Å². The van der Waals surface area contributed by atoms with Crippen molar-refractivity contribution in [2.45, 2.75) is 32.2 Å². The van der Waals surface area contributed by atoms with Crippen LogP contribution in [0.2, 0.25) is 0 Å². The molecule has 0 radical (unpaired) electrons. The van der Waals surface area contributed by atoms with E-state index in [1.54, 1.807) is 6.07 Å². The summed E-state index contributed by atoms with van der Waals surface area (Å²) >= 11 is 0. The molecule has 0 spiro atoms. The third-order valence-electron chi connectivity index (χ3n) is 3.15. The van der Waals surface area contributed by atoms with Gasteiger partial charge < -0.3 is 10.6 Å². The second-order valence-corrected chi connectivity index (χ2v) is 4.42. The molecule has 0 unspecified atom stereocenters. The van der Waals surface area contributed by atoms with E-state index in [9.17, 15) is 4.39 Å². The maximum atomic E-state index is 13.4. The molecule has 1 aromatic rings. The number of halogens is 1. The van der Waals surface area contributed by atoms with Crippen LogP contribution in [0, 0.1) is 5.82 Å². The van der Waals surface area contributed by atoms with Crippen LogP contribution in [0.1, 0.15) is 31.2 Å². The first kappa shape index (κ1) is 11.4. The third kappa shape index (κ3) is 2.73. The van der Waals surface area contributed by atoms with Crippen LogP contribution in [-0.2, 0) is 6.54 Å². The van der Waals surface area contributed by atoms with E-state index in [0.717, 1.165) is 24.3 Å². The van der Waals surface area contributed by atoms with Crippen LogP contribution in [0.3, 0.4) is 0 Å². The number of nitrogens with zero attached hydrogens (tertiary/aromatic N) is 1. The van der Waals surface area contributed by atoms with E-state index in [0.29, 0.717) is 6.54 Å². The van der Waals surface area contributed by atoms with Gasteiger partial charge >= 0.3 is 0 Å². The minimum atomic E-state index is -0.179. The standard InChI is InChI=1S/C13H19FN2/c14-12-7-11(10-15)8-13(9-12)16-5-3-1-2-4-6-16/h7-9H,1-6,10,15H2. The smallest absolute Gasteiger partial charge is 0.125 e. The molecule has 2 nitrogen and oxygen atoms in total. The predicted octanol–water partition coefficient (Wildman–Crippen LogP) is 2.66. The predicted molar refractivity (Wildman–Crippen MR) is 65.0 cm³/mol. The Morgan fingerprint density at radius 2 is 1.75 bits per heavy atom. The molecule has 0 aromatic heterocycles. The van der Waals surface area contributed by atoms with Gasteiger partial charge in [0.25, 0.3) is 0 Å². The fourth-order valence-electron chi connectivity index (χ4n) is 2.26. The van der Waals surface area contributed by atoms with Gasteiger partial charge in [0, 0.05) is 25.3 Å². The van der Waals surface area contributed by atoms with Gasteiger partial charge in [0.05, 0.1) is 0 Å². The highest BCUT2D eigenvalue weighted by molar-refractivity contribution is 5.49. The highest BCUT2D eigenvalue weighted by Crippen LogP contribution is 2.22. The molecule has 16 heavy (non-hydrogen) atoms. The molecule has 2 rings (SSSR count). The molecule has 0 amide bonds. The summed E-state index contributed by atoms with van der Waals surface area (Å²) in [5.74, 6) is -0.179. The van der Waals surface area contributed by atoms with Gasteiger partial charge in [-0.15, -0.1) is 0 Å². The first-order valence-corrected chi connectivity index (χ1v) is 6.04. The zero-order valence-corrected chi connectivity index (χ0v) is 9.58. The lowest BCUT2D eigenvalue weighted by Crippen LogP contribution is -2.24. The summed E-state index contributed by atoms with van der Waals surface area (Å²) < 4.78 is 13.4. The summed E-state index contributed by atoms with van der Waals surface area (Å²) in [6.07, 6.45) is 4.98. The lowest BCUT2D eigenvalue weighted by molar-refractivity contribution is 0.624. The molecule has 2 N–H and O–H groups in total. The Morgan fingerprint density at radius 1 is 1.06 bits per heavy atom. The van der Waals surface area contributed by atoms with Gasteiger partial charge in [-0.1, -0.05) is 12.8 Å². The highest BCUT2D eigenvalue weighted by Gasteiger charge is 2.11. The van der Waals surface area contributed by atoms with E-state index in [-0.39, 0.29) is 5.82 Å². The molecular weight excluding hydrogens is 203 g/mol. The number of rotatable bonds is 2. The molecule has 0 atom stereocenters. The third-order valence-corrected chi connectivity index (χ3v) is 3.15. The molecule has 0 saturated carbocycles. The van der Waals surface area contributed by atoms with Crippen LogP contribution in [0.15, 0.2) is 18.2 Å². The molecule has 0 bridgehead atoms. The number of benzene rings is 1. The SMILES string of the molecule is NCc1cc(F)cc(N2CCCCCC2)c1. The van der Waals surface area contributed by atoms with Gasteiger partial charge in [-0.2, -0.15) is 0 Å². The lowest BCUT2D eigenvalue weighted by atomic mass is 10.1. The maximum absolute atomic E-state index is 13.4. The van der Waals surface area contributed by atoms with Crippen LogP contribution in [0.5, 0.6) is 0 Å². The van der Waals surface area contributed by atoms with Crippen molar-refractivity contribution in [2.24, 2.45) is 5.73 Å². The first-order valence-electron chi connectivity index (χ1n) is 6.04. The van der Waals surface area contributed by atoms with Gasteiger partial charge in [-0.3, -0.25) is 0 Å². The fraction of sp³-hybridized carbons (Fsp3) is 0.538. The van der Waals surface area contributed by atoms with Crippen molar-refractivity contribution in [1.82, 2.24) is 0 Å². The largest absolute Gasteiger partial charge is 0.371 e. The molecule has 1 aromatic carbocycles. The number of hydrogen-bond acceptors (Lipinski definition) is 2. The van der Waals surface area contributed by atoms with E-state index in [1.165, 1.54) is 31.7 Å². The molecule has 3 heteroatoms. The van der Waals surface area contributed by atoms with Crippen molar-refractivity contribution in [2.75, 3.05) is 18.0 Å². The van der Waals surface area contributed by atoms with E-state index in [1.807, 2.05) is 6.07 Å². The average Bonchev–Trinajstić information content (AvgIpc) is 2.56. The zero-order valence-electron chi connectivity index (χ0n) is 9.58.